The van der Waals surface area contributed by atoms with Crippen molar-refractivity contribution < 1.29 is 18.7 Å². The standard InChI is InChI=1S/C17H16FNO3/c1-11-4-3-5-15(12(11)2)17(21)22-10-16(20)19-14-8-6-13(18)7-9-14/h3-9H,10H2,1-2H3,(H,19,20). The molecule has 0 aromatic heterocycles. The molecule has 2 aromatic carbocycles. The molecule has 0 aliphatic heterocycles. The van der Waals surface area contributed by atoms with Crippen LogP contribution in [0.25, 0.3) is 0 Å². The molecule has 2 rings (SSSR count). The van der Waals surface area contributed by atoms with Crippen molar-refractivity contribution in [2.75, 3.05) is 11.9 Å². The molecular weight excluding hydrogens is 285 g/mol. The fourth-order valence-corrected chi connectivity index (χ4v) is 1.91. The van der Waals surface area contributed by atoms with Crippen molar-refractivity contribution in [2.24, 2.45) is 0 Å². The molecule has 2 aromatic rings. The van der Waals surface area contributed by atoms with Gasteiger partial charge in [-0.05, 0) is 55.3 Å². The van der Waals surface area contributed by atoms with E-state index in [2.05, 4.69) is 5.32 Å². The van der Waals surface area contributed by atoms with Gasteiger partial charge in [-0.15, -0.1) is 0 Å². The van der Waals surface area contributed by atoms with Crippen LogP contribution in [0.3, 0.4) is 0 Å². The predicted molar refractivity (Wildman–Crippen MR) is 81.2 cm³/mol. The number of hydrogen-bond acceptors (Lipinski definition) is 3. The van der Waals surface area contributed by atoms with E-state index in [9.17, 15) is 14.0 Å². The molecule has 0 radical (unpaired) electrons. The lowest BCUT2D eigenvalue weighted by atomic mass is 10.0. The van der Waals surface area contributed by atoms with Gasteiger partial charge in [0.1, 0.15) is 5.82 Å². The lowest BCUT2D eigenvalue weighted by Gasteiger charge is -2.09. The van der Waals surface area contributed by atoms with Crippen LogP contribution in [0.1, 0.15) is 21.5 Å². The minimum absolute atomic E-state index is 0.389. The Labute approximate surface area is 127 Å². The molecule has 5 heteroatoms. The molecule has 0 atom stereocenters. The van der Waals surface area contributed by atoms with Gasteiger partial charge in [-0.1, -0.05) is 12.1 Å². The third kappa shape index (κ3) is 3.91. The number of benzene rings is 2. The van der Waals surface area contributed by atoms with Crippen LogP contribution in [0.5, 0.6) is 0 Å². The maximum absolute atomic E-state index is 12.8. The summed E-state index contributed by atoms with van der Waals surface area (Å²) >= 11 is 0. The van der Waals surface area contributed by atoms with E-state index in [-0.39, 0.29) is 5.82 Å². The van der Waals surface area contributed by atoms with Crippen LogP contribution < -0.4 is 5.32 Å². The molecule has 0 aliphatic carbocycles. The third-order valence-electron chi connectivity index (χ3n) is 3.29. The highest BCUT2D eigenvalue weighted by Gasteiger charge is 2.13. The average Bonchev–Trinajstić information content (AvgIpc) is 2.50. The van der Waals surface area contributed by atoms with Crippen molar-refractivity contribution in [1.82, 2.24) is 0 Å². The van der Waals surface area contributed by atoms with E-state index in [0.29, 0.717) is 11.3 Å². The largest absolute Gasteiger partial charge is 0.452 e. The highest BCUT2D eigenvalue weighted by molar-refractivity contribution is 5.96. The molecule has 22 heavy (non-hydrogen) atoms. The van der Waals surface area contributed by atoms with E-state index in [0.717, 1.165) is 11.1 Å². The summed E-state index contributed by atoms with van der Waals surface area (Å²) in [4.78, 5) is 23.7. The summed E-state index contributed by atoms with van der Waals surface area (Å²) < 4.78 is 17.8. The smallest absolute Gasteiger partial charge is 0.338 e. The van der Waals surface area contributed by atoms with Crippen LogP contribution in [0.4, 0.5) is 10.1 Å². The quantitative estimate of drug-likeness (QED) is 0.882. The molecule has 0 bridgehead atoms. The summed E-state index contributed by atoms with van der Waals surface area (Å²) in [6.07, 6.45) is 0. The van der Waals surface area contributed by atoms with Gasteiger partial charge in [0.25, 0.3) is 5.91 Å². The molecule has 0 spiro atoms. The summed E-state index contributed by atoms with van der Waals surface area (Å²) in [6, 6.07) is 10.6. The minimum Gasteiger partial charge on any atom is -0.452 e. The molecule has 1 amide bonds. The van der Waals surface area contributed by atoms with E-state index in [1.807, 2.05) is 19.9 Å². The monoisotopic (exact) mass is 301 g/mol. The summed E-state index contributed by atoms with van der Waals surface area (Å²) in [6.45, 7) is 3.32. The Hall–Kier alpha value is -2.69. The number of hydrogen-bond donors (Lipinski definition) is 1. The van der Waals surface area contributed by atoms with Crippen LogP contribution in [0.2, 0.25) is 0 Å². The number of aryl methyl sites for hydroxylation is 1. The summed E-state index contributed by atoms with van der Waals surface area (Å²) in [5.41, 5.74) is 2.68. The van der Waals surface area contributed by atoms with Gasteiger partial charge in [-0.2, -0.15) is 0 Å². The summed E-state index contributed by atoms with van der Waals surface area (Å²) in [5, 5.41) is 2.52. The number of carbonyl (C=O) groups excluding carboxylic acids is 2. The number of rotatable bonds is 4. The van der Waals surface area contributed by atoms with Gasteiger partial charge >= 0.3 is 5.97 Å². The Bertz CT molecular complexity index is 696. The highest BCUT2D eigenvalue weighted by Crippen LogP contribution is 2.14. The first-order valence-corrected chi connectivity index (χ1v) is 6.76. The molecule has 0 saturated heterocycles. The number of ether oxygens (including phenoxy) is 1. The minimum atomic E-state index is -0.546. The Kier molecular flexibility index (Phi) is 4.88. The molecule has 0 heterocycles. The zero-order valence-corrected chi connectivity index (χ0v) is 12.4. The van der Waals surface area contributed by atoms with E-state index < -0.39 is 18.5 Å². The van der Waals surface area contributed by atoms with E-state index in [4.69, 9.17) is 4.74 Å². The first-order chi connectivity index (χ1) is 10.5. The fourth-order valence-electron chi connectivity index (χ4n) is 1.91. The molecule has 114 valence electrons. The van der Waals surface area contributed by atoms with E-state index in [1.54, 1.807) is 12.1 Å². The van der Waals surface area contributed by atoms with Crippen LogP contribution >= 0.6 is 0 Å². The molecule has 0 unspecified atom stereocenters. The third-order valence-corrected chi connectivity index (χ3v) is 3.29. The van der Waals surface area contributed by atoms with Crippen molar-refractivity contribution in [3.8, 4) is 0 Å². The summed E-state index contributed by atoms with van der Waals surface area (Å²) in [7, 11) is 0. The van der Waals surface area contributed by atoms with Gasteiger partial charge < -0.3 is 10.1 Å². The Morgan fingerprint density at radius 3 is 2.45 bits per heavy atom. The lowest BCUT2D eigenvalue weighted by molar-refractivity contribution is -0.119. The number of anilines is 1. The average molecular weight is 301 g/mol. The Morgan fingerprint density at radius 2 is 1.77 bits per heavy atom. The van der Waals surface area contributed by atoms with Crippen LogP contribution in [-0.4, -0.2) is 18.5 Å². The van der Waals surface area contributed by atoms with Gasteiger partial charge in [0.2, 0.25) is 0 Å². The van der Waals surface area contributed by atoms with Gasteiger partial charge in [-0.25, -0.2) is 9.18 Å². The predicted octanol–water partition coefficient (Wildman–Crippen LogP) is 3.24. The molecule has 0 saturated carbocycles. The van der Waals surface area contributed by atoms with Crippen molar-refractivity contribution >= 4 is 17.6 Å². The zero-order valence-electron chi connectivity index (χ0n) is 12.4. The van der Waals surface area contributed by atoms with Crippen molar-refractivity contribution in [3.63, 3.8) is 0 Å². The van der Waals surface area contributed by atoms with Gasteiger partial charge in [0.15, 0.2) is 6.61 Å². The molecule has 0 aliphatic rings. The number of esters is 1. The second kappa shape index (κ2) is 6.85. The van der Waals surface area contributed by atoms with Gasteiger partial charge in [0, 0.05) is 5.69 Å². The topological polar surface area (TPSA) is 55.4 Å². The number of carbonyl (C=O) groups is 2. The number of nitrogens with one attached hydrogen (secondary N) is 1. The SMILES string of the molecule is Cc1cccc(C(=O)OCC(=O)Nc2ccc(F)cc2)c1C. The Balaban J connectivity index is 1.92. The van der Waals surface area contributed by atoms with E-state index in [1.165, 1.54) is 24.3 Å². The van der Waals surface area contributed by atoms with Crippen molar-refractivity contribution in [3.05, 3.63) is 65.0 Å². The van der Waals surface area contributed by atoms with Crippen molar-refractivity contribution in [2.45, 2.75) is 13.8 Å². The fraction of sp³-hybridized carbons (Fsp3) is 0.176. The van der Waals surface area contributed by atoms with Crippen LogP contribution in [-0.2, 0) is 9.53 Å². The van der Waals surface area contributed by atoms with Crippen LogP contribution in [0.15, 0.2) is 42.5 Å². The number of halogens is 1. The molecular formula is C17H16FNO3. The van der Waals surface area contributed by atoms with E-state index >= 15 is 0 Å². The molecule has 4 nitrogen and oxygen atoms in total. The molecule has 0 fully saturated rings. The normalized spacial score (nSPS) is 10.1. The molecule has 1 N–H and O–H groups in total. The van der Waals surface area contributed by atoms with Crippen LogP contribution in [0, 0.1) is 19.7 Å². The number of amides is 1. The first-order valence-electron chi connectivity index (χ1n) is 6.76. The first kappa shape index (κ1) is 15.7. The van der Waals surface area contributed by atoms with Crippen molar-refractivity contribution in [1.29, 1.82) is 0 Å². The maximum Gasteiger partial charge on any atom is 0.338 e. The van der Waals surface area contributed by atoms with Gasteiger partial charge in [-0.3, -0.25) is 4.79 Å². The highest BCUT2D eigenvalue weighted by atomic mass is 19.1. The Morgan fingerprint density at radius 1 is 1.09 bits per heavy atom. The zero-order chi connectivity index (χ0) is 16.1. The second-order valence-electron chi connectivity index (χ2n) is 4.88. The second-order valence-corrected chi connectivity index (χ2v) is 4.88. The maximum atomic E-state index is 12.8. The lowest BCUT2D eigenvalue weighted by Crippen LogP contribution is -2.21. The van der Waals surface area contributed by atoms with Gasteiger partial charge in [0.05, 0.1) is 5.56 Å². The summed E-state index contributed by atoms with van der Waals surface area (Å²) in [5.74, 6) is -1.42.